The second kappa shape index (κ2) is 11.5. The summed E-state index contributed by atoms with van der Waals surface area (Å²) in [5.74, 6) is -3.27. The molecule has 0 aromatic heterocycles. The lowest BCUT2D eigenvalue weighted by atomic mass is 9.78. The van der Waals surface area contributed by atoms with E-state index in [1.807, 2.05) is 18.2 Å². The smallest absolute Gasteiger partial charge is 0.324 e. The third-order valence-corrected chi connectivity index (χ3v) is 8.18. The molecule has 0 spiro atoms. The van der Waals surface area contributed by atoms with Crippen LogP contribution in [0, 0.1) is 11.3 Å². The van der Waals surface area contributed by atoms with E-state index >= 15 is 0 Å². The SMILES string of the molecule is C[C@@H](C(=O)N(C)[C@@H](Cc1ccccc1)[C@H](O)CN(C)S(=O)(=O)NC(C)(C)C(=O)O)C(C)(C)C(N)=O. The summed E-state index contributed by atoms with van der Waals surface area (Å²) in [4.78, 5) is 37.8. The van der Waals surface area contributed by atoms with E-state index in [0.717, 1.165) is 9.87 Å². The third-order valence-electron chi connectivity index (χ3n) is 6.44. The predicted molar refractivity (Wildman–Crippen MR) is 131 cm³/mol. The van der Waals surface area contributed by atoms with Crippen LogP contribution in [0.1, 0.15) is 40.2 Å². The van der Waals surface area contributed by atoms with Gasteiger partial charge in [0, 0.05) is 26.6 Å². The number of nitrogens with one attached hydrogen (secondary N) is 1. The van der Waals surface area contributed by atoms with Crippen LogP contribution in [0.5, 0.6) is 0 Å². The van der Waals surface area contributed by atoms with Gasteiger partial charge in [-0.15, -0.1) is 0 Å². The fourth-order valence-corrected chi connectivity index (χ4v) is 4.54. The fourth-order valence-electron chi connectivity index (χ4n) is 3.30. The summed E-state index contributed by atoms with van der Waals surface area (Å²) in [6.45, 7) is 6.67. The van der Waals surface area contributed by atoms with Crippen molar-refractivity contribution in [1.82, 2.24) is 13.9 Å². The molecule has 3 atom stereocenters. The number of likely N-dealkylation sites (N-methyl/N-ethyl adjacent to an activating group) is 2. The topological polar surface area (TPSA) is 170 Å². The number of carbonyl (C=O) groups excluding carboxylic acids is 2. The number of hydrogen-bond acceptors (Lipinski definition) is 6. The number of aliphatic hydroxyl groups is 1. The Labute approximate surface area is 207 Å². The van der Waals surface area contributed by atoms with Crippen LogP contribution in [0.15, 0.2) is 30.3 Å². The average molecular weight is 515 g/mol. The maximum atomic E-state index is 13.3. The Morgan fingerprint density at radius 1 is 1.09 bits per heavy atom. The molecule has 0 aliphatic heterocycles. The van der Waals surface area contributed by atoms with Gasteiger partial charge in [0.25, 0.3) is 10.2 Å². The average Bonchev–Trinajstić information content (AvgIpc) is 2.75. The zero-order valence-corrected chi connectivity index (χ0v) is 22.2. The van der Waals surface area contributed by atoms with Gasteiger partial charge in [0.15, 0.2) is 0 Å². The predicted octanol–water partition coefficient (Wildman–Crippen LogP) is 0.194. The molecular weight excluding hydrogens is 476 g/mol. The molecular formula is C23H38N4O7S. The minimum absolute atomic E-state index is 0.204. The molecule has 0 fully saturated rings. The quantitative estimate of drug-likeness (QED) is 0.291. The highest BCUT2D eigenvalue weighted by Gasteiger charge is 2.41. The van der Waals surface area contributed by atoms with Crippen molar-refractivity contribution >= 4 is 28.0 Å². The van der Waals surface area contributed by atoms with E-state index < -0.39 is 63.6 Å². The van der Waals surface area contributed by atoms with E-state index in [2.05, 4.69) is 4.72 Å². The molecule has 198 valence electrons. The summed E-state index contributed by atoms with van der Waals surface area (Å²) in [5.41, 5.74) is 3.35. The number of amides is 2. The lowest BCUT2D eigenvalue weighted by molar-refractivity contribution is -0.146. The van der Waals surface area contributed by atoms with Crippen LogP contribution in [0.25, 0.3) is 0 Å². The van der Waals surface area contributed by atoms with E-state index in [9.17, 15) is 33.0 Å². The number of carboxylic acids is 1. The molecule has 0 heterocycles. The van der Waals surface area contributed by atoms with Crippen molar-refractivity contribution in [2.75, 3.05) is 20.6 Å². The summed E-state index contributed by atoms with van der Waals surface area (Å²) in [6.07, 6.45) is -1.14. The molecule has 35 heavy (non-hydrogen) atoms. The summed E-state index contributed by atoms with van der Waals surface area (Å²) in [5, 5.41) is 20.3. The van der Waals surface area contributed by atoms with Gasteiger partial charge in [-0.1, -0.05) is 51.1 Å². The fraction of sp³-hybridized carbons (Fsp3) is 0.609. The standard InChI is InChI=1S/C23H38N4O7S/c1-15(22(2,3)20(24)30)19(29)27(7)17(13-16-11-9-8-10-12-16)18(28)14-26(6)35(33,34)25-23(4,5)21(31)32/h8-12,15,17-18,25,28H,13-14H2,1-7H3,(H2,24,30)(H,31,32)/t15-,17-,18+/m0/s1. The molecule has 1 aromatic rings. The van der Waals surface area contributed by atoms with Crippen molar-refractivity contribution in [2.24, 2.45) is 17.1 Å². The number of carbonyl (C=O) groups is 3. The number of hydrogen-bond donors (Lipinski definition) is 4. The van der Waals surface area contributed by atoms with Crippen molar-refractivity contribution in [3.63, 3.8) is 0 Å². The van der Waals surface area contributed by atoms with Gasteiger partial charge in [-0.3, -0.25) is 14.4 Å². The Bertz CT molecular complexity index is 1010. The Hall–Kier alpha value is -2.54. The van der Waals surface area contributed by atoms with Crippen LogP contribution in [0.4, 0.5) is 0 Å². The van der Waals surface area contributed by atoms with Crippen LogP contribution in [-0.2, 0) is 31.0 Å². The lowest BCUT2D eigenvalue weighted by Gasteiger charge is -2.38. The maximum absolute atomic E-state index is 13.3. The number of rotatable bonds is 13. The highest BCUT2D eigenvalue weighted by molar-refractivity contribution is 7.87. The molecule has 5 N–H and O–H groups in total. The molecule has 0 saturated carbocycles. The number of nitrogens with two attached hydrogens (primary N) is 1. The van der Waals surface area contributed by atoms with Gasteiger partial charge in [0.05, 0.1) is 17.6 Å². The molecule has 0 aliphatic carbocycles. The second-order valence-electron chi connectivity index (χ2n) is 9.90. The Morgan fingerprint density at radius 2 is 1.60 bits per heavy atom. The van der Waals surface area contributed by atoms with E-state index in [-0.39, 0.29) is 6.42 Å². The number of carboxylic acid groups (broad SMARTS) is 1. The third kappa shape index (κ3) is 7.72. The zero-order valence-electron chi connectivity index (χ0n) is 21.3. The van der Waals surface area contributed by atoms with Gasteiger partial charge < -0.3 is 20.8 Å². The molecule has 11 nitrogen and oxygen atoms in total. The highest BCUT2D eigenvalue weighted by atomic mass is 32.2. The number of primary amides is 1. The first-order valence-electron chi connectivity index (χ1n) is 11.1. The first kappa shape index (κ1) is 30.5. The first-order valence-corrected chi connectivity index (χ1v) is 12.6. The summed E-state index contributed by atoms with van der Waals surface area (Å²) in [6, 6.07) is 8.18. The van der Waals surface area contributed by atoms with Crippen LogP contribution < -0.4 is 10.5 Å². The van der Waals surface area contributed by atoms with E-state index in [0.29, 0.717) is 0 Å². The molecule has 0 bridgehead atoms. The molecule has 0 radical (unpaired) electrons. The minimum Gasteiger partial charge on any atom is -0.480 e. The summed E-state index contributed by atoms with van der Waals surface area (Å²) in [7, 11) is -1.61. The van der Waals surface area contributed by atoms with Crippen molar-refractivity contribution in [3.05, 3.63) is 35.9 Å². The van der Waals surface area contributed by atoms with Crippen LogP contribution in [-0.4, -0.2) is 83.9 Å². The van der Waals surface area contributed by atoms with Gasteiger partial charge in [-0.25, -0.2) is 0 Å². The van der Waals surface area contributed by atoms with Crippen molar-refractivity contribution in [1.29, 1.82) is 0 Å². The summed E-state index contributed by atoms with van der Waals surface area (Å²) >= 11 is 0. The Morgan fingerprint density at radius 3 is 2.06 bits per heavy atom. The van der Waals surface area contributed by atoms with Gasteiger partial charge in [-0.2, -0.15) is 17.4 Å². The summed E-state index contributed by atoms with van der Waals surface area (Å²) < 4.78 is 28.3. The monoisotopic (exact) mass is 514 g/mol. The lowest BCUT2D eigenvalue weighted by Crippen LogP contribution is -2.57. The molecule has 0 aliphatic rings. The Balaban J connectivity index is 3.23. The number of aliphatic carboxylic acids is 1. The molecule has 2 amide bonds. The zero-order chi connectivity index (χ0) is 27.4. The van der Waals surface area contributed by atoms with Crippen LogP contribution in [0.3, 0.4) is 0 Å². The number of nitrogens with zero attached hydrogens (tertiary/aromatic N) is 2. The minimum atomic E-state index is -4.28. The van der Waals surface area contributed by atoms with Gasteiger partial charge in [-0.05, 0) is 25.8 Å². The molecule has 1 aromatic carbocycles. The number of aliphatic hydroxyl groups excluding tert-OH is 1. The van der Waals surface area contributed by atoms with Gasteiger partial charge >= 0.3 is 5.97 Å². The molecule has 1 rings (SSSR count). The van der Waals surface area contributed by atoms with Gasteiger partial charge in [0.2, 0.25) is 11.8 Å². The van der Waals surface area contributed by atoms with Crippen molar-refractivity contribution in [2.45, 2.75) is 58.7 Å². The van der Waals surface area contributed by atoms with Crippen LogP contribution >= 0.6 is 0 Å². The van der Waals surface area contributed by atoms with Crippen molar-refractivity contribution < 1.29 is 33.0 Å². The molecule has 0 saturated heterocycles. The second-order valence-corrected chi connectivity index (χ2v) is 11.7. The number of benzene rings is 1. The first-order chi connectivity index (χ1) is 15.8. The van der Waals surface area contributed by atoms with E-state index in [1.54, 1.807) is 32.9 Å². The largest absolute Gasteiger partial charge is 0.480 e. The van der Waals surface area contributed by atoms with Crippen LogP contribution in [0.2, 0.25) is 0 Å². The normalized spacial score (nSPS) is 15.3. The molecule has 0 unspecified atom stereocenters. The van der Waals surface area contributed by atoms with E-state index in [4.69, 9.17) is 5.73 Å². The van der Waals surface area contributed by atoms with Crippen molar-refractivity contribution in [3.8, 4) is 0 Å². The van der Waals surface area contributed by atoms with E-state index in [1.165, 1.54) is 32.8 Å². The van der Waals surface area contributed by atoms with Gasteiger partial charge in [0.1, 0.15) is 5.54 Å². The molecule has 12 heteroatoms. The Kier molecular flexibility index (Phi) is 9.99. The maximum Gasteiger partial charge on any atom is 0.324 e. The highest BCUT2D eigenvalue weighted by Crippen LogP contribution is 2.29.